The molecule has 1 aromatic heterocycles. The van der Waals surface area contributed by atoms with Crippen LogP contribution in [-0.2, 0) is 0 Å². The van der Waals surface area contributed by atoms with Gasteiger partial charge in [-0.05, 0) is 37.8 Å². The van der Waals surface area contributed by atoms with Gasteiger partial charge in [-0.25, -0.2) is 4.79 Å². The molecule has 20 heavy (non-hydrogen) atoms. The molecular weight excluding hydrogens is 280 g/mol. The van der Waals surface area contributed by atoms with Gasteiger partial charge in [-0.2, -0.15) is 0 Å². The molecule has 1 aromatic rings. The summed E-state index contributed by atoms with van der Waals surface area (Å²) in [5, 5.41) is 17.6. The molecule has 2 fully saturated rings. The fourth-order valence-electron chi connectivity index (χ4n) is 3.46. The Morgan fingerprint density at radius 3 is 2.50 bits per heavy atom. The summed E-state index contributed by atoms with van der Waals surface area (Å²) in [7, 11) is 1.98. The van der Waals surface area contributed by atoms with E-state index >= 15 is 0 Å². The maximum absolute atomic E-state index is 11.3. The average molecular weight is 297 g/mol. The first kappa shape index (κ1) is 13.4. The van der Waals surface area contributed by atoms with E-state index in [9.17, 15) is 9.90 Å². The predicted octanol–water partition coefficient (Wildman–Crippen LogP) is 2.24. The standard InChI is InChI=1S/C13H17ClN4O2/c1-17(12-5-4-11(14)15-16-12)10-6-8-2-3-9(7-10)18(8)13(19)20/h4-5,8-10H,2-3,6-7H2,1H3,(H,19,20)/t8-,9+,10?. The maximum Gasteiger partial charge on any atom is 0.407 e. The molecule has 3 atom stereocenters. The number of rotatable bonds is 2. The molecule has 108 valence electrons. The van der Waals surface area contributed by atoms with Gasteiger partial charge in [0.1, 0.15) is 0 Å². The lowest BCUT2D eigenvalue weighted by Gasteiger charge is -2.41. The summed E-state index contributed by atoms with van der Waals surface area (Å²) in [6.45, 7) is 0. The van der Waals surface area contributed by atoms with Gasteiger partial charge in [0.25, 0.3) is 0 Å². The molecule has 2 aliphatic rings. The van der Waals surface area contributed by atoms with Crippen LogP contribution in [0, 0.1) is 0 Å². The Morgan fingerprint density at radius 2 is 2.00 bits per heavy atom. The molecule has 6 nitrogen and oxygen atoms in total. The zero-order chi connectivity index (χ0) is 14.3. The molecule has 1 N–H and O–H groups in total. The molecule has 0 spiro atoms. The van der Waals surface area contributed by atoms with E-state index in [2.05, 4.69) is 15.1 Å². The molecule has 1 amide bonds. The fraction of sp³-hybridized carbons (Fsp3) is 0.615. The molecule has 2 bridgehead atoms. The molecule has 7 heteroatoms. The van der Waals surface area contributed by atoms with Crippen LogP contribution in [0.15, 0.2) is 12.1 Å². The predicted molar refractivity (Wildman–Crippen MR) is 75.1 cm³/mol. The van der Waals surface area contributed by atoms with Crippen LogP contribution in [0.2, 0.25) is 5.15 Å². The van der Waals surface area contributed by atoms with Gasteiger partial charge in [-0.3, -0.25) is 0 Å². The molecule has 3 heterocycles. The minimum Gasteiger partial charge on any atom is -0.465 e. The highest BCUT2D eigenvalue weighted by Crippen LogP contribution is 2.38. The number of aromatic nitrogens is 2. The van der Waals surface area contributed by atoms with Crippen LogP contribution in [-0.4, -0.2) is 51.5 Å². The van der Waals surface area contributed by atoms with Crippen molar-refractivity contribution in [3.63, 3.8) is 0 Å². The summed E-state index contributed by atoms with van der Waals surface area (Å²) in [5.41, 5.74) is 0. The minimum absolute atomic E-state index is 0.138. The second-order valence-electron chi connectivity index (χ2n) is 5.53. The average Bonchev–Trinajstić information content (AvgIpc) is 2.70. The molecule has 0 saturated carbocycles. The van der Waals surface area contributed by atoms with Crippen LogP contribution in [0.5, 0.6) is 0 Å². The molecule has 1 unspecified atom stereocenters. The first-order valence-corrected chi connectivity index (χ1v) is 7.17. The summed E-state index contributed by atoms with van der Waals surface area (Å²) in [4.78, 5) is 15.0. The SMILES string of the molecule is CN(c1ccc(Cl)nn1)C1C[C@H]2CC[C@@H](C1)N2C(=O)O. The van der Waals surface area contributed by atoms with Crippen molar-refractivity contribution in [3.8, 4) is 0 Å². The van der Waals surface area contributed by atoms with E-state index in [0.29, 0.717) is 11.2 Å². The third-order valence-electron chi connectivity index (χ3n) is 4.46. The third kappa shape index (κ3) is 2.28. The van der Waals surface area contributed by atoms with Gasteiger partial charge in [0.2, 0.25) is 0 Å². The van der Waals surface area contributed by atoms with Crippen molar-refractivity contribution in [2.75, 3.05) is 11.9 Å². The first-order chi connectivity index (χ1) is 9.56. The Bertz CT molecular complexity index is 496. The fourth-order valence-corrected chi connectivity index (χ4v) is 3.56. The van der Waals surface area contributed by atoms with Crippen molar-refractivity contribution >= 4 is 23.5 Å². The highest BCUT2D eigenvalue weighted by atomic mass is 35.5. The Balaban J connectivity index is 1.74. The first-order valence-electron chi connectivity index (χ1n) is 6.79. The number of hydrogen-bond donors (Lipinski definition) is 1. The number of anilines is 1. The number of halogens is 1. The van der Waals surface area contributed by atoms with E-state index in [-0.39, 0.29) is 12.1 Å². The summed E-state index contributed by atoms with van der Waals surface area (Å²) in [5.74, 6) is 0.780. The number of nitrogens with zero attached hydrogens (tertiary/aromatic N) is 4. The number of carbonyl (C=O) groups is 1. The smallest absolute Gasteiger partial charge is 0.407 e. The quantitative estimate of drug-likeness (QED) is 0.906. The zero-order valence-corrected chi connectivity index (χ0v) is 12.0. The van der Waals surface area contributed by atoms with E-state index in [0.717, 1.165) is 31.5 Å². The highest BCUT2D eigenvalue weighted by molar-refractivity contribution is 6.29. The summed E-state index contributed by atoms with van der Waals surface area (Å²) < 4.78 is 0. The lowest BCUT2D eigenvalue weighted by molar-refractivity contribution is 0.0965. The largest absolute Gasteiger partial charge is 0.465 e. The van der Waals surface area contributed by atoms with Crippen LogP contribution in [0.4, 0.5) is 10.6 Å². The van der Waals surface area contributed by atoms with Gasteiger partial charge in [-0.15, -0.1) is 10.2 Å². The van der Waals surface area contributed by atoms with E-state index in [1.54, 1.807) is 11.0 Å². The topological polar surface area (TPSA) is 69.6 Å². The van der Waals surface area contributed by atoms with Crippen LogP contribution in [0.25, 0.3) is 0 Å². The van der Waals surface area contributed by atoms with Gasteiger partial charge in [-0.1, -0.05) is 11.6 Å². The van der Waals surface area contributed by atoms with Crippen molar-refractivity contribution in [2.45, 2.75) is 43.8 Å². The lowest BCUT2D eigenvalue weighted by atomic mass is 9.96. The number of fused-ring (bicyclic) bond motifs is 2. The van der Waals surface area contributed by atoms with E-state index in [1.807, 2.05) is 13.1 Å². The van der Waals surface area contributed by atoms with Crippen molar-refractivity contribution in [3.05, 3.63) is 17.3 Å². The molecule has 2 saturated heterocycles. The highest BCUT2D eigenvalue weighted by Gasteiger charge is 2.44. The molecule has 0 aromatic carbocycles. The number of piperidine rings is 1. The summed E-state index contributed by atoms with van der Waals surface area (Å²) in [6, 6.07) is 4.15. The summed E-state index contributed by atoms with van der Waals surface area (Å²) in [6.07, 6.45) is 2.85. The molecule has 2 aliphatic heterocycles. The second kappa shape index (κ2) is 5.09. The van der Waals surface area contributed by atoms with Crippen molar-refractivity contribution in [1.82, 2.24) is 15.1 Å². The van der Waals surface area contributed by atoms with Gasteiger partial charge in [0.15, 0.2) is 11.0 Å². The van der Waals surface area contributed by atoms with Crippen LogP contribution >= 0.6 is 11.6 Å². The zero-order valence-electron chi connectivity index (χ0n) is 11.2. The summed E-state index contributed by atoms with van der Waals surface area (Å²) >= 11 is 5.75. The van der Waals surface area contributed by atoms with Gasteiger partial charge in [0, 0.05) is 25.2 Å². The van der Waals surface area contributed by atoms with Crippen LogP contribution in [0.3, 0.4) is 0 Å². The number of carboxylic acid groups (broad SMARTS) is 1. The molecular formula is C13H17ClN4O2. The Kier molecular flexibility index (Phi) is 3.41. The Morgan fingerprint density at radius 1 is 1.35 bits per heavy atom. The lowest BCUT2D eigenvalue weighted by Crippen LogP contribution is -2.51. The Labute approximate surface area is 122 Å². The van der Waals surface area contributed by atoms with Gasteiger partial charge >= 0.3 is 6.09 Å². The second-order valence-corrected chi connectivity index (χ2v) is 5.91. The van der Waals surface area contributed by atoms with Crippen molar-refractivity contribution < 1.29 is 9.90 Å². The molecule has 0 aliphatic carbocycles. The molecule has 3 rings (SSSR count). The monoisotopic (exact) mass is 296 g/mol. The van der Waals surface area contributed by atoms with E-state index < -0.39 is 6.09 Å². The van der Waals surface area contributed by atoms with Crippen LogP contribution in [0.1, 0.15) is 25.7 Å². The maximum atomic E-state index is 11.3. The van der Waals surface area contributed by atoms with E-state index in [4.69, 9.17) is 11.6 Å². The van der Waals surface area contributed by atoms with Gasteiger partial charge < -0.3 is 14.9 Å². The number of amides is 1. The minimum atomic E-state index is -0.787. The molecule has 0 radical (unpaired) electrons. The normalized spacial score (nSPS) is 28.5. The number of hydrogen-bond acceptors (Lipinski definition) is 4. The van der Waals surface area contributed by atoms with E-state index in [1.165, 1.54) is 0 Å². The Hall–Kier alpha value is -1.56. The van der Waals surface area contributed by atoms with Gasteiger partial charge in [0.05, 0.1) is 0 Å². The van der Waals surface area contributed by atoms with Crippen molar-refractivity contribution in [2.24, 2.45) is 0 Å². The van der Waals surface area contributed by atoms with Crippen LogP contribution < -0.4 is 4.90 Å². The third-order valence-corrected chi connectivity index (χ3v) is 4.66. The van der Waals surface area contributed by atoms with Crippen molar-refractivity contribution in [1.29, 1.82) is 0 Å².